The molecule has 0 aliphatic heterocycles. The van der Waals surface area contributed by atoms with Crippen molar-refractivity contribution < 1.29 is 38.5 Å². The third kappa shape index (κ3) is 16.0. The van der Waals surface area contributed by atoms with Crippen molar-refractivity contribution in [1.29, 1.82) is 0 Å². The first kappa shape index (κ1) is 39.8. The number of carbonyl (C=O) groups is 4. The highest BCUT2D eigenvalue weighted by atomic mass is 19.1. The van der Waals surface area contributed by atoms with E-state index < -0.39 is 48.4 Å². The molecule has 0 aromatic heterocycles. The Labute approximate surface area is 268 Å². The highest BCUT2D eigenvalue weighted by molar-refractivity contribution is 5.93. The molecule has 1 rings (SSSR count). The molecule has 254 valence electrons. The summed E-state index contributed by atoms with van der Waals surface area (Å²) in [5, 5.41) is 23.1. The fourth-order valence-electron chi connectivity index (χ4n) is 5.00. The summed E-state index contributed by atoms with van der Waals surface area (Å²) in [4.78, 5) is 49.6. The van der Waals surface area contributed by atoms with Gasteiger partial charge >= 0.3 is 5.97 Å². The molecule has 0 aliphatic carbocycles. The minimum Gasteiger partial charge on any atom is -0.494 e. The molecule has 3 atom stereocenters. The van der Waals surface area contributed by atoms with Crippen LogP contribution in [-0.2, 0) is 25.6 Å². The Bertz CT molecular complexity index is 1050. The topological polar surface area (TPSA) is 156 Å². The van der Waals surface area contributed by atoms with Crippen LogP contribution in [0, 0.1) is 5.92 Å². The number of ether oxygens (including phenoxy) is 1. The van der Waals surface area contributed by atoms with Crippen molar-refractivity contribution >= 4 is 23.6 Å². The molecule has 0 heterocycles. The van der Waals surface area contributed by atoms with Crippen LogP contribution in [0.2, 0.25) is 0 Å². The summed E-state index contributed by atoms with van der Waals surface area (Å²) in [5.74, 6) is -4.22. The van der Waals surface area contributed by atoms with E-state index >= 15 is 0 Å². The van der Waals surface area contributed by atoms with Gasteiger partial charge in [0.2, 0.25) is 11.8 Å². The van der Waals surface area contributed by atoms with Gasteiger partial charge in [-0.15, -0.1) is 0 Å². The van der Waals surface area contributed by atoms with Crippen LogP contribution in [0.15, 0.2) is 36.4 Å². The van der Waals surface area contributed by atoms with E-state index in [2.05, 4.69) is 19.2 Å². The van der Waals surface area contributed by atoms with E-state index in [4.69, 9.17) is 10.5 Å². The molecule has 45 heavy (non-hydrogen) atoms. The summed E-state index contributed by atoms with van der Waals surface area (Å²) in [6, 6.07) is 5.77. The Kier molecular flexibility index (Phi) is 20.4. The van der Waals surface area contributed by atoms with Crippen LogP contribution in [0.1, 0.15) is 116 Å². The molecule has 0 saturated heterocycles. The summed E-state index contributed by atoms with van der Waals surface area (Å²) < 4.78 is 19.0. The molecule has 10 heteroatoms. The van der Waals surface area contributed by atoms with Gasteiger partial charge in [0.25, 0.3) is 0 Å². The number of aliphatic carboxylic acids is 1. The lowest BCUT2D eigenvalue weighted by Crippen LogP contribution is -2.55. The van der Waals surface area contributed by atoms with Crippen molar-refractivity contribution in [3.8, 4) is 5.75 Å². The van der Waals surface area contributed by atoms with E-state index in [1.54, 1.807) is 30.3 Å². The molecule has 0 saturated carbocycles. The molecule has 0 spiro atoms. The second-order valence-corrected chi connectivity index (χ2v) is 11.7. The Hall–Kier alpha value is -3.27. The summed E-state index contributed by atoms with van der Waals surface area (Å²) in [6.07, 6.45) is 14.5. The molecule has 1 aromatic rings. The number of benzene rings is 1. The first-order valence-electron chi connectivity index (χ1n) is 16.6. The third-order valence-corrected chi connectivity index (χ3v) is 7.90. The number of hydrogen-bond acceptors (Lipinski definition) is 6. The van der Waals surface area contributed by atoms with Gasteiger partial charge in [-0.2, -0.15) is 0 Å². The van der Waals surface area contributed by atoms with Crippen LogP contribution < -0.4 is 15.8 Å². The van der Waals surface area contributed by atoms with Crippen molar-refractivity contribution in [3.05, 3.63) is 42.0 Å². The summed E-state index contributed by atoms with van der Waals surface area (Å²) in [7, 11) is 0. The maximum atomic E-state index is 13.3. The molecule has 5 N–H and O–H groups in total. The Morgan fingerprint density at radius 3 is 2.09 bits per heavy atom. The van der Waals surface area contributed by atoms with Gasteiger partial charge in [0.1, 0.15) is 17.6 Å². The van der Waals surface area contributed by atoms with Crippen LogP contribution in [0.3, 0.4) is 0 Å². The lowest BCUT2D eigenvalue weighted by molar-refractivity contribution is -0.167. The molecule has 9 nitrogen and oxygen atoms in total. The minimum atomic E-state index is -2.72. The number of nitrogens with one attached hydrogen (secondary N) is 1. The number of primary amides is 1. The van der Waals surface area contributed by atoms with Crippen LogP contribution >= 0.6 is 0 Å². The minimum absolute atomic E-state index is 0.0305. The summed E-state index contributed by atoms with van der Waals surface area (Å²) in [5.41, 5.74) is 3.52. The highest BCUT2D eigenvalue weighted by Gasteiger charge is 2.47. The molecule has 0 fully saturated rings. The van der Waals surface area contributed by atoms with Crippen molar-refractivity contribution in [1.82, 2.24) is 5.32 Å². The molecule has 0 radical (unpaired) electrons. The number of unbranched alkanes of at least 4 members (excludes halogenated alkanes) is 9. The van der Waals surface area contributed by atoms with Crippen LogP contribution in [0.4, 0.5) is 4.39 Å². The monoisotopic (exact) mass is 634 g/mol. The average molecular weight is 635 g/mol. The predicted molar refractivity (Wildman–Crippen MR) is 174 cm³/mol. The molecular weight excluding hydrogens is 579 g/mol. The van der Waals surface area contributed by atoms with Crippen LogP contribution in [0.5, 0.6) is 5.75 Å². The number of carboxylic acids is 1. The number of allylic oxidation sites excluding steroid dienone is 1. The first-order chi connectivity index (χ1) is 21.6. The van der Waals surface area contributed by atoms with Crippen LogP contribution in [-0.4, -0.2) is 58.7 Å². The number of carbonyl (C=O) groups excluding carboxylic acids is 3. The number of halogens is 1. The standard InChI is InChI=1S/C35H55FN2O7/c1-3-5-7-10-13-16-28(39)17-14-11-8-9-12-15-18-30(35(44,23-24-36)34(42)43)33(41)38-31(32(37)40)26-27-19-21-29(22-20-27)45-25-6-4-2/h15,18-22,30-31,44H,3-14,16-17,23-26H2,1-2H3,(H2,37,40)(H,38,41)(H,42,43)/b18-15+/t30-,31+,35+/m1/s1. The van der Waals surface area contributed by atoms with Crippen LogP contribution in [0.25, 0.3) is 0 Å². The SMILES string of the molecule is CCCCCCCC(=O)CCCCCC/C=C/[C@H](C(=O)N[C@@H](Cc1ccc(OCCCC)cc1)C(N)=O)[C@@](O)(CCF)C(=O)O. The lowest BCUT2D eigenvalue weighted by Gasteiger charge is -2.30. The first-order valence-corrected chi connectivity index (χ1v) is 16.6. The van der Waals surface area contributed by atoms with Gasteiger partial charge < -0.3 is 26.0 Å². The average Bonchev–Trinajstić information content (AvgIpc) is 3.00. The molecule has 0 bridgehead atoms. The van der Waals surface area contributed by atoms with Crippen molar-refractivity contribution in [2.45, 2.75) is 128 Å². The Balaban J connectivity index is 2.75. The largest absolute Gasteiger partial charge is 0.494 e. The quantitative estimate of drug-likeness (QED) is 0.0684. The maximum Gasteiger partial charge on any atom is 0.336 e. The van der Waals surface area contributed by atoms with E-state index in [0.29, 0.717) is 43.0 Å². The van der Waals surface area contributed by atoms with E-state index in [0.717, 1.165) is 51.4 Å². The number of alkyl halides is 1. The summed E-state index contributed by atoms with van der Waals surface area (Å²) in [6.45, 7) is 3.64. The lowest BCUT2D eigenvalue weighted by atomic mass is 9.83. The number of carboxylic acid groups (broad SMARTS) is 1. The zero-order valence-corrected chi connectivity index (χ0v) is 27.2. The van der Waals surface area contributed by atoms with E-state index in [9.17, 15) is 33.8 Å². The van der Waals surface area contributed by atoms with Gasteiger partial charge in [-0.05, 0) is 49.8 Å². The van der Waals surface area contributed by atoms with Gasteiger partial charge in [-0.25, -0.2) is 4.79 Å². The van der Waals surface area contributed by atoms with E-state index in [-0.39, 0.29) is 6.42 Å². The second-order valence-electron chi connectivity index (χ2n) is 11.7. The van der Waals surface area contributed by atoms with Crippen molar-refractivity contribution in [3.63, 3.8) is 0 Å². The smallest absolute Gasteiger partial charge is 0.336 e. The molecule has 1 aromatic carbocycles. The van der Waals surface area contributed by atoms with Gasteiger partial charge in [-0.1, -0.05) is 83.1 Å². The number of nitrogens with two attached hydrogens (primary N) is 1. The van der Waals surface area contributed by atoms with Crippen molar-refractivity contribution in [2.75, 3.05) is 13.3 Å². The van der Waals surface area contributed by atoms with Crippen molar-refractivity contribution in [2.24, 2.45) is 11.7 Å². The Morgan fingerprint density at radius 2 is 1.53 bits per heavy atom. The number of hydrogen-bond donors (Lipinski definition) is 4. The zero-order chi connectivity index (χ0) is 33.5. The fourth-order valence-corrected chi connectivity index (χ4v) is 5.00. The van der Waals surface area contributed by atoms with Gasteiger partial charge in [-0.3, -0.25) is 18.8 Å². The normalized spacial score (nSPS) is 14.0. The fraction of sp³-hybridized carbons (Fsp3) is 0.657. The molecular formula is C35H55FN2O7. The van der Waals surface area contributed by atoms with Gasteiger partial charge in [0, 0.05) is 25.7 Å². The number of rotatable bonds is 27. The number of Topliss-reactive ketones (excluding diaryl/α,β-unsaturated/α-hetero) is 1. The number of ketones is 1. The molecule has 0 aliphatic rings. The van der Waals surface area contributed by atoms with E-state index in [1.165, 1.54) is 25.3 Å². The third-order valence-electron chi connectivity index (χ3n) is 7.90. The zero-order valence-electron chi connectivity index (χ0n) is 27.2. The maximum absolute atomic E-state index is 13.3. The van der Waals surface area contributed by atoms with Gasteiger partial charge in [0.05, 0.1) is 19.2 Å². The Morgan fingerprint density at radius 1 is 0.933 bits per heavy atom. The number of aliphatic hydroxyl groups is 1. The highest BCUT2D eigenvalue weighted by Crippen LogP contribution is 2.26. The molecule has 0 unspecified atom stereocenters. The second kappa shape index (κ2) is 23.1. The molecule has 2 amide bonds. The summed E-state index contributed by atoms with van der Waals surface area (Å²) >= 11 is 0. The predicted octanol–water partition coefficient (Wildman–Crippen LogP) is 6.00. The van der Waals surface area contributed by atoms with Gasteiger partial charge in [0.15, 0.2) is 5.60 Å². The number of amides is 2. The van der Waals surface area contributed by atoms with E-state index in [1.807, 2.05) is 0 Å².